The van der Waals surface area contributed by atoms with Crippen molar-refractivity contribution in [2.75, 3.05) is 0 Å². The first-order valence-corrected chi connectivity index (χ1v) is 6.15. The van der Waals surface area contributed by atoms with Crippen molar-refractivity contribution in [3.8, 4) is 11.8 Å². The monoisotopic (exact) mass is 263 g/mol. The Morgan fingerprint density at radius 1 is 1.15 bits per heavy atom. The van der Waals surface area contributed by atoms with E-state index in [4.69, 9.17) is 4.74 Å². The van der Waals surface area contributed by atoms with Gasteiger partial charge in [-0.3, -0.25) is 4.79 Å². The number of ether oxygens (including phenoxy) is 1. The maximum absolute atomic E-state index is 10.9. The molecule has 0 aliphatic carbocycles. The van der Waals surface area contributed by atoms with Gasteiger partial charge in [0.15, 0.2) is 0 Å². The minimum absolute atomic E-state index is 0.366. The van der Waals surface area contributed by atoms with E-state index in [1.807, 2.05) is 36.4 Å². The van der Waals surface area contributed by atoms with Crippen LogP contribution in [0.25, 0.3) is 11.6 Å². The third-order valence-electron chi connectivity index (χ3n) is 2.64. The fraction of sp³-hybridized carbons (Fsp3) is 0.0588. The van der Waals surface area contributed by atoms with Crippen molar-refractivity contribution in [1.82, 2.24) is 0 Å². The molecule has 0 atom stereocenters. The zero-order valence-corrected chi connectivity index (χ0v) is 11.0. The molecule has 0 spiro atoms. The molecule has 3 heteroatoms. The first-order chi connectivity index (χ1) is 9.69. The quantitative estimate of drug-likeness (QED) is 0.367. The second-order valence-electron chi connectivity index (χ2n) is 4.20. The Morgan fingerprint density at radius 3 is 2.55 bits per heavy atom. The zero-order chi connectivity index (χ0) is 14.4. The van der Waals surface area contributed by atoms with E-state index < -0.39 is 0 Å². The highest BCUT2D eigenvalue weighted by Gasteiger charge is 2.02. The summed E-state index contributed by atoms with van der Waals surface area (Å²) in [6.07, 6.45) is 1.77. The molecule has 20 heavy (non-hydrogen) atoms. The molecule has 0 bridgehead atoms. The summed E-state index contributed by atoms with van der Waals surface area (Å²) in [5.41, 5.74) is 2.22. The van der Waals surface area contributed by atoms with Gasteiger partial charge >= 0.3 is 5.97 Å². The van der Waals surface area contributed by atoms with Crippen LogP contribution >= 0.6 is 0 Å². The molecule has 0 aliphatic heterocycles. The van der Waals surface area contributed by atoms with Gasteiger partial charge in [-0.25, -0.2) is 0 Å². The van der Waals surface area contributed by atoms with Crippen molar-refractivity contribution in [1.29, 1.82) is 5.26 Å². The number of hydrogen-bond acceptors (Lipinski definition) is 3. The van der Waals surface area contributed by atoms with Crippen molar-refractivity contribution in [2.24, 2.45) is 0 Å². The number of esters is 1. The molecule has 0 amide bonds. The molecule has 2 aromatic carbocycles. The predicted octanol–water partition coefficient (Wildman–Crippen LogP) is 3.68. The molecule has 0 saturated carbocycles. The van der Waals surface area contributed by atoms with Crippen LogP contribution in [0, 0.1) is 11.3 Å². The van der Waals surface area contributed by atoms with Gasteiger partial charge in [0.2, 0.25) is 0 Å². The first-order valence-electron chi connectivity index (χ1n) is 6.15. The summed E-state index contributed by atoms with van der Waals surface area (Å²) in [6.45, 7) is 1.35. The molecule has 0 aromatic heterocycles. The first kappa shape index (κ1) is 13.6. The van der Waals surface area contributed by atoms with Crippen LogP contribution in [0.2, 0.25) is 0 Å². The van der Waals surface area contributed by atoms with Crippen LogP contribution in [-0.4, -0.2) is 5.97 Å². The van der Waals surface area contributed by atoms with Crippen molar-refractivity contribution in [2.45, 2.75) is 6.92 Å². The second kappa shape index (κ2) is 6.35. The van der Waals surface area contributed by atoms with E-state index in [0.29, 0.717) is 11.3 Å². The van der Waals surface area contributed by atoms with Crippen molar-refractivity contribution in [3.05, 3.63) is 65.7 Å². The minimum Gasteiger partial charge on any atom is -0.427 e. The van der Waals surface area contributed by atoms with Gasteiger partial charge in [-0.15, -0.1) is 0 Å². The van der Waals surface area contributed by atoms with Crippen LogP contribution in [0.1, 0.15) is 18.1 Å². The maximum Gasteiger partial charge on any atom is 0.308 e. The van der Waals surface area contributed by atoms with Crippen LogP contribution in [0.15, 0.2) is 54.6 Å². The SMILES string of the molecule is CC(=O)Oc1cccc(/C=C(/C#N)c2ccccc2)c1. The minimum atomic E-state index is -0.366. The lowest BCUT2D eigenvalue weighted by molar-refractivity contribution is -0.131. The smallest absolute Gasteiger partial charge is 0.308 e. The summed E-state index contributed by atoms with van der Waals surface area (Å²) in [6, 6.07) is 18.7. The fourth-order valence-electron chi connectivity index (χ4n) is 1.80. The third-order valence-corrected chi connectivity index (χ3v) is 2.64. The topological polar surface area (TPSA) is 50.1 Å². The van der Waals surface area contributed by atoms with E-state index in [0.717, 1.165) is 11.1 Å². The van der Waals surface area contributed by atoms with Gasteiger partial charge in [0.05, 0.1) is 11.6 Å². The molecule has 98 valence electrons. The van der Waals surface area contributed by atoms with Gasteiger partial charge in [-0.2, -0.15) is 5.26 Å². The largest absolute Gasteiger partial charge is 0.427 e. The van der Waals surface area contributed by atoms with E-state index in [1.165, 1.54) is 6.92 Å². The zero-order valence-electron chi connectivity index (χ0n) is 11.0. The summed E-state index contributed by atoms with van der Waals surface area (Å²) in [4.78, 5) is 10.9. The number of hydrogen-bond donors (Lipinski definition) is 0. The van der Waals surface area contributed by atoms with Crippen molar-refractivity contribution < 1.29 is 9.53 Å². The predicted molar refractivity (Wildman–Crippen MR) is 77.7 cm³/mol. The summed E-state index contributed by atoms with van der Waals surface area (Å²) in [5.74, 6) is 0.103. The van der Waals surface area contributed by atoms with Gasteiger partial charge in [0.25, 0.3) is 0 Å². The lowest BCUT2D eigenvalue weighted by atomic mass is 10.0. The standard InChI is InChI=1S/C17H13NO2/c1-13(19)20-17-9-5-6-14(11-17)10-16(12-18)15-7-3-2-4-8-15/h2-11H,1H3/b16-10-. The van der Waals surface area contributed by atoms with Gasteiger partial charge in [-0.05, 0) is 29.3 Å². The number of benzene rings is 2. The van der Waals surface area contributed by atoms with Crippen LogP contribution in [0.3, 0.4) is 0 Å². The Bertz CT molecular complexity index is 682. The number of allylic oxidation sites excluding steroid dienone is 1. The number of carbonyl (C=O) groups is 1. The molecule has 0 fully saturated rings. The molecule has 0 N–H and O–H groups in total. The second-order valence-corrected chi connectivity index (χ2v) is 4.20. The molecular formula is C17H13NO2. The molecule has 3 nitrogen and oxygen atoms in total. The molecule has 0 aliphatic rings. The average Bonchev–Trinajstić information content (AvgIpc) is 2.45. The van der Waals surface area contributed by atoms with Crippen LogP contribution in [0.5, 0.6) is 5.75 Å². The molecule has 0 saturated heterocycles. The molecular weight excluding hydrogens is 250 g/mol. The third kappa shape index (κ3) is 3.56. The number of rotatable bonds is 3. The Kier molecular flexibility index (Phi) is 4.31. The lowest BCUT2D eigenvalue weighted by Gasteiger charge is -2.03. The Labute approximate surface area is 117 Å². The average molecular weight is 263 g/mol. The van der Waals surface area contributed by atoms with Crippen molar-refractivity contribution in [3.63, 3.8) is 0 Å². The summed E-state index contributed by atoms with van der Waals surface area (Å²) >= 11 is 0. The summed E-state index contributed by atoms with van der Waals surface area (Å²) in [7, 11) is 0. The van der Waals surface area contributed by atoms with E-state index in [-0.39, 0.29) is 5.97 Å². The van der Waals surface area contributed by atoms with Gasteiger partial charge in [0.1, 0.15) is 5.75 Å². The Morgan fingerprint density at radius 2 is 1.90 bits per heavy atom. The van der Waals surface area contributed by atoms with Gasteiger partial charge in [-0.1, -0.05) is 42.5 Å². The molecule has 2 rings (SSSR count). The molecule has 2 aromatic rings. The van der Waals surface area contributed by atoms with Gasteiger partial charge in [0, 0.05) is 6.92 Å². The lowest BCUT2D eigenvalue weighted by Crippen LogP contribution is -2.01. The highest BCUT2D eigenvalue weighted by Crippen LogP contribution is 2.20. The van der Waals surface area contributed by atoms with E-state index in [2.05, 4.69) is 6.07 Å². The molecule has 0 unspecified atom stereocenters. The van der Waals surface area contributed by atoms with E-state index >= 15 is 0 Å². The fourth-order valence-corrected chi connectivity index (χ4v) is 1.80. The van der Waals surface area contributed by atoms with E-state index in [9.17, 15) is 10.1 Å². The molecule has 0 heterocycles. The number of nitriles is 1. The Hall–Kier alpha value is -2.86. The van der Waals surface area contributed by atoms with Gasteiger partial charge < -0.3 is 4.74 Å². The summed E-state index contributed by atoms with van der Waals surface area (Å²) < 4.78 is 5.02. The maximum atomic E-state index is 10.9. The number of carbonyl (C=O) groups excluding carboxylic acids is 1. The summed E-state index contributed by atoms with van der Waals surface area (Å²) in [5, 5.41) is 9.25. The number of nitrogens with zero attached hydrogens (tertiary/aromatic N) is 1. The van der Waals surface area contributed by atoms with E-state index in [1.54, 1.807) is 24.3 Å². The van der Waals surface area contributed by atoms with Crippen molar-refractivity contribution >= 4 is 17.6 Å². The molecule has 0 radical (unpaired) electrons. The highest BCUT2D eigenvalue weighted by atomic mass is 16.5. The van der Waals surface area contributed by atoms with Crippen LogP contribution < -0.4 is 4.74 Å². The normalized spacial score (nSPS) is 10.7. The van der Waals surface area contributed by atoms with Crippen LogP contribution in [-0.2, 0) is 4.79 Å². The Balaban J connectivity index is 2.34. The van der Waals surface area contributed by atoms with Crippen LogP contribution in [0.4, 0.5) is 0 Å². The highest BCUT2D eigenvalue weighted by molar-refractivity contribution is 5.89.